The van der Waals surface area contributed by atoms with Gasteiger partial charge in [0.2, 0.25) is 0 Å². The second kappa shape index (κ2) is 14.0. The van der Waals surface area contributed by atoms with E-state index in [0.717, 1.165) is 25.8 Å². The minimum atomic E-state index is -4.16. The molecule has 0 N–H and O–H groups in total. The Balaban J connectivity index is 3.66. The van der Waals surface area contributed by atoms with Gasteiger partial charge in [-0.2, -0.15) is 0 Å². The van der Waals surface area contributed by atoms with Crippen molar-refractivity contribution in [2.75, 3.05) is 27.7 Å². The fourth-order valence-corrected chi connectivity index (χ4v) is 4.03. The Bertz CT molecular complexity index is 402. The van der Waals surface area contributed by atoms with Gasteiger partial charge in [0.15, 0.2) is 0 Å². The average Bonchev–Trinajstić information content (AvgIpc) is 2.49. The highest BCUT2D eigenvalue weighted by molar-refractivity contribution is 7.86. The van der Waals surface area contributed by atoms with Crippen LogP contribution in [0.3, 0.4) is 0 Å². The third-order valence-corrected chi connectivity index (χ3v) is 6.20. The van der Waals surface area contributed by atoms with Crippen LogP contribution in [-0.4, -0.2) is 50.4 Å². The SMILES string of the molecule is CCCCCCCCCCCCCCC(CC[N+](C)(C)C)S(=O)(=O)[O-]. The number of hydrogen-bond donors (Lipinski definition) is 0. The minimum absolute atomic E-state index is 0.480. The molecule has 0 bridgehead atoms. The van der Waals surface area contributed by atoms with E-state index in [4.69, 9.17) is 0 Å². The van der Waals surface area contributed by atoms with Gasteiger partial charge in [-0.15, -0.1) is 0 Å². The molecule has 0 aliphatic carbocycles. The van der Waals surface area contributed by atoms with Crippen molar-refractivity contribution < 1.29 is 17.5 Å². The number of rotatable bonds is 17. The molecule has 0 aromatic rings. The summed E-state index contributed by atoms with van der Waals surface area (Å²) in [6.45, 7) is 2.98. The van der Waals surface area contributed by atoms with Crippen molar-refractivity contribution >= 4 is 10.1 Å². The molecular formula is C20H43NO3S. The Hall–Kier alpha value is -0.130. The molecule has 0 heterocycles. The van der Waals surface area contributed by atoms with Gasteiger partial charge >= 0.3 is 0 Å². The topological polar surface area (TPSA) is 57.2 Å². The standard InChI is InChI=1S/C20H43NO3S/c1-5-6-7-8-9-10-11-12-13-14-15-16-17-20(25(22,23)24)18-19-21(2,3)4/h20H,5-19H2,1-4H3. The second-order valence-electron chi connectivity index (χ2n) is 8.60. The molecule has 0 aromatic carbocycles. The fraction of sp³-hybridized carbons (Fsp3) is 1.00. The van der Waals surface area contributed by atoms with Crippen molar-refractivity contribution in [2.24, 2.45) is 0 Å². The molecule has 0 radical (unpaired) electrons. The molecule has 0 aromatic heterocycles. The summed E-state index contributed by atoms with van der Waals surface area (Å²) in [5, 5.41) is -0.701. The third-order valence-electron chi connectivity index (χ3n) is 4.91. The number of nitrogens with zero attached hydrogens (tertiary/aromatic N) is 1. The van der Waals surface area contributed by atoms with E-state index in [1.807, 2.05) is 21.1 Å². The van der Waals surface area contributed by atoms with Crippen LogP contribution < -0.4 is 0 Å². The van der Waals surface area contributed by atoms with Gasteiger partial charge in [-0.3, -0.25) is 0 Å². The van der Waals surface area contributed by atoms with E-state index in [1.54, 1.807) is 0 Å². The van der Waals surface area contributed by atoms with Gasteiger partial charge in [-0.25, -0.2) is 8.42 Å². The summed E-state index contributed by atoms with van der Waals surface area (Å²) >= 11 is 0. The molecule has 0 saturated carbocycles. The van der Waals surface area contributed by atoms with E-state index >= 15 is 0 Å². The lowest BCUT2D eigenvalue weighted by Gasteiger charge is -2.27. The lowest BCUT2D eigenvalue weighted by Crippen LogP contribution is -2.38. The highest BCUT2D eigenvalue weighted by Gasteiger charge is 2.19. The molecule has 4 nitrogen and oxygen atoms in total. The maximum absolute atomic E-state index is 11.4. The smallest absolute Gasteiger partial charge is 0.0977 e. The molecule has 0 spiro atoms. The van der Waals surface area contributed by atoms with Gasteiger partial charge in [0.1, 0.15) is 0 Å². The van der Waals surface area contributed by atoms with E-state index in [9.17, 15) is 13.0 Å². The molecule has 25 heavy (non-hydrogen) atoms. The van der Waals surface area contributed by atoms with Gasteiger partial charge in [0.25, 0.3) is 0 Å². The molecular weight excluding hydrogens is 334 g/mol. The third kappa shape index (κ3) is 17.1. The highest BCUT2D eigenvalue weighted by Crippen LogP contribution is 2.17. The summed E-state index contributed by atoms with van der Waals surface area (Å²) in [7, 11) is 1.92. The van der Waals surface area contributed by atoms with Crippen LogP contribution in [-0.2, 0) is 10.1 Å². The maximum atomic E-state index is 11.4. The van der Waals surface area contributed by atoms with Crippen LogP contribution in [0.5, 0.6) is 0 Å². The predicted octanol–water partition coefficient (Wildman–Crippen LogP) is 5.09. The van der Waals surface area contributed by atoms with Crippen molar-refractivity contribution in [3.63, 3.8) is 0 Å². The Labute approximate surface area is 157 Å². The number of unbranched alkanes of at least 4 members (excludes halogenated alkanes) is 11. The van der Waals surface area contributed by atoms with Crippen molar-refractivity contribution in [1.29, 1.82) is 0 Å². The maximum Gasteiger partial charge on any atom is 0.0977 e. The van der Waals surface area contributed by atoms with Crippen molar-refractivity contribution in [1.82, 2.24) is 0 Å². The first kappa shape index (κ1) is 24.9. The van der Waals surface area contributed by atoms with Crippen LogP contribution in [0, 0.1) is 0 Å². The highest BCUT2D eigenvalue weighted by atomic mass is 32.2. The van der Waals surface area contributed by atoms with E-state index < -0.39 is 15.4 Å². The lowest BCUT2D eigenvalue weighted by atomic mass is 10.0. The Morgan fingerprint density at radius 2 is 1.12 bits per heavy atom. The van der Waals surface area contributed by atoms with Crippen molar-refractivity contribution in [3.8, 4) is 0 Å². The molecule has 0 amide bonds. The van der Waals surface area contributed by atoms with Gasteiger partial charge in [0, 0.05) is 6.42 Å². The summed E-state index contributed by atoms with van der Waals surface area (Å²) in [6, 6.07) is 0. The Morgan fingerprint density at radius 3 is 1.48 bits per heavy atom. The summed E-state index contributed by atoms with van der Waals surface area (Å²) in [6.07, 6.45) is 16.1. The number of hydrogen-bond acceptors (Lipinski definition) is 3. The van der Waals surface area contributed by atoms with Crippen LogP contribution in [0.4, 0.5) is 0 Å². The Kier molecular flexibility index (Phi) is 13.9. The first-order valence-electron chi connectivity index (χ1n) is 10.4. The van der Waals surface area contributed by atoms with Crippen LogP contribution in [0.25, 0.3) is 0 Å². The van der Waals surface area contributed by atoms with Gasteiger partial charge in [-0.05, 0) is 6.42 Å². The predicted molar refractivity (Wildman–Crippen MR) is 107 cm³/mol. The average molecular weight is 378 g/mol. The fourth-order valence-electron chi connectivity index (χ4n) is 3.18. The molecule has 0 rings (SSSR count). The molecule has 1 atom stereocenters. The molecule has 0 saturated heterocycles. The summed E-state index contributed by atoms with van der Waals surface area (Å²) < 4.78 is 35.0. The summed E-state index contributed by atoms with van der Waals surface area (Å²) in [5.41, 5.74) is 0. The molecule has 5 heteroatoms. The monoisotopic (exact) mass is 377 g/mol. The minimum Gasteiger partial charge on any atom is -0.748 e. The van der Waals surface area contributed by atoms with Gasteiger partial charge in [0.05, 0.1) is 43.1 Å². The zero-order chi connectivity index (χ0) is 19.2. The van der Waals surface area contributed by atoms with Crippen LogP contribution in [0.2, 0.25) is 0 Å². The van der Waals surface area contributed by atoms with Crippen LogP contribution >= 0.6 is 0 Å². The van der Waals surface area contributed by atoms with Crippen molar-refractivity contribution in [2.45, 2.75) is 102 Å². The summed E-state index contributed by atoms with van der Waals surface area (Å²) in [5.74, 6) is 0. The molecule has 0 fully saturated rings. The second-order valence-corrected chi connectivity index (χ2v) is 10.2. The van der Waals surface area contributed by atoms with E-state index in [2.05, 4.69) is 6.92 Å². The molecule has 0 aliphatic heterocycles. The molecule has 152 valence electrons. The van der Waals surface area contributed by atoms with Gasteiger partial charge < -0.3 is 9.04 Å². The first-order valence-corrected chi connectivity index (χ1v) is 11.9. The van der Waals surface area contributed by atoms with E-state index in [0.29, 0.717) is 17.3 Å². The quantitative estimate of drug-likeness (QED) is 0.201. The van der Waals surface area contributed by atoms with Crippen molar-refractivity contribution in [3.05, 3.63) is 0 Å². The number of quaternary nitrogens is 1. The van der Waals surface area contributed by atoms with Gasteiger partial charge in [-0.1, -0.05) is 84.0 Å². The molecule has 0 aliphatic rings. The lowest BCUT2D eigenvalue weighted by molar-refractivity contribution is -0.870. The van der Waals surface area contributed by atoms with E-state index in [-0.39, 0.29) is 0 Å². The normalized spacial score (nSPS) is 14.0. The zero-order valence-corrected chi connectivity index (χ0v) is 18.1. The summed E-state index contributed by atoms with van der Waals surface area (Å²) in [4.78, 5) is 0. The van der Waals surface area contributed by atoms with Crippen LogP contribution in [0.1, 0.15) is 96.8 Å². The molecule has 1 unspecified atom stereocenters. The van der Waals surface area contributed by atoms with E-state index in [1.165, 1.54) is 57.8 Å². The van der Waals surface area contributed by atoms with Crippen LogP contribution in [0.15, 0.2) is 0 Å². The Morgan fingerprint density at radius 1 is 0.720 bits per heavy atom. The zero-order valence-electron chi connectivity index (χ0n) is 17.3. The first-order chi connectivity index (χ1) is 11.7. The largest absolute Gasteiger partial charge is 0.748 e.